The van der Waals surface area contributed by atoms with Crippen LogP contribution < -0.4 is 16.2 Å². The summed E-state index contributed by atoms with van der Waals surface area (Å²) in [6, 6.07) is 5.77. The summed E-state index contributed by atoms with van der Waals surface area (Å²) in [5, 5.41) is 7.70. The number of nitrogens with two attached hydrogens (primary N) is 2. The lowest BCUT2D eigenvalue weighted by Gasteiger charge is -2.06. The van der Waals surface area contributed by atoms with Gasteiger partial charge in [0.1, 0.15) is 0 Å². The fraction of sp³-hybridized carbons (Fsp3) is 0.462. The molecule has 0 heterocycles. The van der Waals surface area contributed by atoms with Gasteiger partial charge >= 0.3 is 0 Å². The minimum atomic E-state index is -3.69. The zero-order valence-corrected chi connectivity index (χ0v) is 12.2. The van der Waals surface area contributed by atoms with Crippen LogP contribution in [0.5, 0.6) is 0 Å². The predicted molar refractivity (Wildman–Crippen MR) is 78.6 cm³/mol. The minimum Gasteiger partial charge on any atom is -0.330 e. The summed E-state index contributed by atoms with van der Waals surface area (Å²) in [6.07, 6.45) is 4.26. The van der Waals surface area contributed by atoms with E-state index in [1.54, 1.807) is 0 Å². The van der Waals surface area contributed by atoms with Gasteiger partial charge in [0.25, 0.3) is 0 Å². The first kappa shape index (κ1) is 16.6. The zero-order valence-electron chi connectivity index (χ0n) is 11.3. The molecule has 7 heteroatoms. The Morgan fingerprint density at radius 2 is 1.65 bits per heavy atom. The van der Waals surface area contributed by atoms with Gasteiger partial charge in [0, 0.05) is 12.1 Å². The maximum atomic E-state index is 11.6. The van der Waals surface area contributed by atoms with Gasteiger partial charge in [0.15, 0.2) is 0 Å². The molecule has 1 aromatic carbocycles. The Labute approximate surface area is 119 Å². The van der Waals surface area contributed by atoms with Crippen LogP contribution in [0.3, 0.4) is 0 Å². The lowest BCUT2D eigenvalue weighted by Crippen LogP contribution is -2.13. The summed E-state index contributed by atoms with van der Waals surface area (Å²) in [5.74, 6) is -0.0823. The largest absolute Gasteiger partial charge is 0.330 e. The maximum absolute atomic E-state index is 11.6. The number of hydrogen-bond donors (Lipinski definition) is 3. The summed E-state index contributed by atoms with van der Waals surface area (Å²) >= 11 is 0. The number of anilines is 1. The Morgan fingerprint density at radius 3 is 2.20 bits per heavy atom. The van der Waals surface area contributed by atoms with Crippen LogP contribution in [0.1, 0.15) is 32.1 Å². The van der Waals surface area contributed by atoms with Crippen molar-refractivity contribution in [2.24, 2.45) is 10.9 Å². The van der Waals surface area contributed by atoms with Gasteiger partial charge in [0.2, 0.25) is 15.9 Å². The van der Waals surface area contributed by atoms with Crippen LogP contribution in [0, 0.1) is 0 Å². The summed E-state index contributed by atoms with van der Waals surface area (Å²) in [4.78, 5) is 11.7. The van der Waals surface area contributed by atoms with E-state index in [0.29, 0.717) is 18.7 Å². The van der Waals surface area contributed by atoms with Crippen molar-refractivity contribution in [2.75, 3.05) is 11.9 Å². The molecule has 0 aromatic heterocycles. The van der Waals surface area contributed by atoms with Crippen LogP contribution >= 0.6 is 0 Å². The molecule has 6 nitrogen and oxygen atoms in total. The van der Waals surface area contributed by atoms with E-state index >= 15 is 0 Å². The number of primary sulfonamides is 1. The maximum Gasteiger partial charge on any atom is 0.238 e. The van der Waals surface area contributed by atoms with Crippen LogP contribution in [-0.2, 0) is 14.8 Å². The van der Waals surface area contributed by atoms with E-state index in [-0.39, 0.29) is 10.8 Å². The minimum absolute atomic E-state index is 0.0253. The Bertz CT molecular complexity index is 526. The van der Waals surface area contributed by atoms with Crippen molar-refractivity contribution in [3.8, 4) is 0 Å². The van der Waals surface area contributed by atoms with Gasteiger partial charge in [-0.05, 0) is 43.7 Å². The highest BCUT2D eigenvalue weighted by Crippen LogP contribution is 2.13. The highest BCUT2D eigenvalue weighted by molar-refractivity contribution is 7.89. The van der Waals surface area contributed by atoms with Crippen molar-refractivity contribution >= 4 is 21.6 Å². The molecule has 0 spiro atoms. The molecule has 1 amide bonds. The van der Waals surface area contributed by atoms with Crippen LogP contribution in [0.4, 0.5) is 5.69 Å². The van der Waals surface area contributed by atoms with Crippen LogP contribution in [0.25, 0.3) is 0 Å². The SMILES string of the molecule is NCCCCCCC(=O)Nc1ccc(S(N)(=O)=O)cc1. The number of sulfonamides is 1. The van der Waals surface area contributed by atoms with E-state index in [2.05, 4.69) is 5.32 Å². The second-order valence-corrected chi connectivity index (χ2v) is 6.13. The molecule has 0 unspecified atom stereocenters. The monoisotopic (exact) mass is 299 g/mol. The first-order valence-electron chi connectivity index (χ1n) is 6.56. The van der Waals surface area contributed by atoms with Crippen molar-refractivity contribution in [1.29, 1.82) is 0 Å². The Balaban J connectivity index is 2.39. The number of nitrogens with one attached hydrogen (secondary N) is 1. The highest BCUT2D eigenvalue weighted by Gasteiger charge is 2.07. The molecule has 0 aliphatic heterocycles. The molecule has 0 bridgehead atoms. The third-order valence-electron chi connectivity index (χ3n) is 2.82. The molecular formula is C13H21N3O3S. The molecule has 0 aliphatic carbocycles. The molecule has 0 atom stereocenters. The molecule has 1 rings (SSSR count). The van der Waals surface area contributed by atoms with Gasteiger partial charge in [-0.1, -0.05) is 12.8 Å². The third kappa shape index (κ3) is 6.14. The van der Waals surface area contributed by atoms with Gasteiger partial charge in [-0.2, -0.15) is 0 Å². The summed E-state index contributed by atoms with van der Waals surface area (Å²) in [7, 11) is -3.69. The molecule has 112 valence electrons. The van der Waals surface area contributed by atoms with Crippen molar-refractivity contribution in [1.82, 2.24) is 0 Å². The molecule has 0 aliphatic rings. The first-order chi connectivity index (χ1) is 9.43. The van der Waals surface area contributed by atoms with E-state index in [1.165, 1.54) is 24.3 Å². The van der Waals surface area contributed by atoms with E-state index in [0.717, 1.165) is 25.7 Å². The smallest absolute Gasteiger partial charge is 0.238 e. The van der Waals surface area contributed by atoms with Crippen molar-refractivity contribution in [3.05, 3.63) is 24.3 Å². The Hall–Kier alpha value is -1.44. The number of amides is 1. The Kier molecular flexibility index (Phi) is 6.63. The third-order valence-corrected chi connectivity index (χ3v) is 3.75. The van der Waals surface area contributed by atoms with Gasteiger partial charge < -0.3 is 11.1 Å². The van der Waals surface area contributed by atoms with E-state index < -0.39 is 10.0 Å². The standard InChI is InChI=1S/C13H21N3O3S/c14-10-4-2-1-3-5-13(17)16-11-6-8-12(9-7-11)20(15,18)19/h6-9H,1-5,10,14H2,(H,16,17)(H2,15,18,19). The molecule has 1 aromatic rings. The topological polar surface area (TPSA) is 115 Å². The average molecular weight is 299 g/mol. The number of hydrogen-bond acceptors (Lipinski definition) is 4. The second-order valence-electron chi connectivity index (χ2n) is 4.57. The molecular weight excluding hydrogens is 278 g/mol. The summed E-state index contributed by atoms with van der Waals surface area (Å²) in [5.41, 5.74) is 5.94. The summed E-state index contributed by atoms with van der Waals surface area (Å²) in [6.45, 7) is 0.683. The quantitative estimate of drug-likeness (QED) is 0.625. The average Bonchev–Trinajstić information content (AvgIpc) is 2.38. The lowest BCUT2D eigenvalue weighted by atomic mass is 10.1. The first-order valence-corrected chi connectivity index (χ1v) is 8.11. The van der Waals surface area contributed by atoms with Gasteiger partial charge in [0.05, 0.1) is 4.90 Å². The van der Waals surface area contributed by atoms with Crippen molar-refractivity contribution in [3.63, 3.8) is 0 Å². The number of carbonyl (C=O) groups is 1. The van der Waals surface area contributed by atoms with Crippen molar-refractivity contribution < 1.29 is 13.2 Å². The van der Waals surface area contributed by atoms with Gasteiger partial charge in [-0.15, -0.1) is 0 Å². The lowest BCUT2D eigenvalue weighted by molar-refractivity contribution is -0.116. The van der Waals surface area contributed by atoms with E-state index in [9.17, 15) is 13.2 Å². The van der Waals surface area contributed by atoms with Crippen LogP contribution in [-0.4, -0.2) is 20.9 Å². The highest BCUT2D eigenvalue weighted by atomic mass is 32.2. The number of benzene rings is 1. The van der Waals surface area contributed by atoms with E-state index in [4.69, 9.17) is 10.9 Å². The van der Waals surface area contributed by atoms with Crippen LogP contribution in [0.2, 0.25) is 0 Å². The normalized spacial score (nSPS) is 11.3. The molecule has 20 heavy (non-hydrogen) atoms. The van der Waals surface area contributed by atoms with E-state index in [1.807, 2.05) is 0 Å². The molecule has 0 fully saturated rings. The number of rotatable bonds is 8. The molecule has 5 N–H and O–H groups in total. The van der Waals surface area contributed by atoms with Gasteiger partial charge in [-0.3, -0.25) is 4.79 Å². The fourth-order valence-corrected chi connectivity index (χ4v) is 2.25. The zero-order chi connectivity index (χ0) is 15.0. The molecule has 0 radical (unpaired) electrons. The Morgan fingerprint density at radius 1 is 1.05 bits per heavy atom. The number of carbonyl (C=O) groups excluding carboxylic acids is 1. The molecule has 0 saturated carbocycles. The van der Waals surface area contributed by atoms with Crippen LogP contribution in [0.15, 0.2) is 29.2 Å². The molecule has 0 saturated heterocycles. The predicted octanol–water partition coefficient (Wildman–Crippen LogP) is 1.18. The summed E-state index contributed by atoms with van der Waals surface area (Å²) < 4.78 is 22.2. The van der Waals surface area contributed by atoms with Crippen molar-refractivity contribution in [2.45, 2.75) is 37.0 Å². The fourth-order valence-electron chi connectivity index (χ4n) is 1.73. The number of unbranched alkanes of at least 4 members (excludes halogenated alkanes) is 3. The second kappa shape index (κ2) is 7.98. The van der Waals surface area contributed by atoms with Gasteiger partial charge in [-0.25, -0.2) is 13.6 Å².